The van der Waals surface area contributed by atoms with Crippen molar-refractivity contribution < 1.29 is 37.5 Å². The summed E-state index contributed by atoms with van der Waals surface area (Å²) in [4.78, 5) is 61.5. The lowest BCUT2D eigenvalue weighted by molar-refractivity contribution is -0.143. The van der Waals surface area contributed by atoms with Crippen molar-refractivity contribution in [3.8, 4) is 0 Å². The van der Waals surface area contributed by atoms with E-state index < -0.39 is 60.5 Å². The third-order valence-corrected chi connectivity index (χ3v) is 5.78. The van der Waals surface area contributed by atoms with Crippen molar-refractivity contribution in [1.82, 2.24) is 16.0 Å². The Balaban J connectivity index is 1.74. The number of hydrogen-bond donors (Lipinski definition) is 4. The summed E-state index contributed by atoms with van der Waals surface area (Å²) in [5, 5.41) is 9.68. The molecule has 1 aromatic carbocycles. The van der Waals surface area contributed by atoms with Gasteiger partial charge >= 0.3 is 6.09 Å². The molecule has 0 unspecified atom stereocenters. The van der Waals surface area contributed by atoms with Crippen LogP contribution in [-0.4, -0.2) is 61.3 Å². The number of carbonyl (C=O) groups is 5. The summed E-state index contributed by atoms with van der Waals surface area (Å²) < 4.78 is 30.8. The van der Waals surface area contributed by atoms with Crippen LogP contribution in [0.2, 0.25) is 5.02 Å². The van der Waals surface area contributed by atoms with Crippen LogP contribution in [0.25, 0.3) is 0 Å². The number of alkyl halides is 2. The first kappa shape index (κ1) is 25.3. The molecule has 1 aliphatic heterocycles. The molecule has 10 nitrogen and oxygen atoms in total. The van der Waals surface area contributed by atoms with Gasteiger partial charge in [-0.2, -0.15) is 0 Å². The number of rotatable bonds is 8. The molecule has 0 aromatic heterocycles. The average molecular weight is 501 g/mol. The largest absolute Gasteiger partial charge is 0.446 e. The second-order valence-corrected chi connectivity index (χ2v) is 8.52. The molecule has 0 bridgehead atoms. The molecule has 13 heteroatoms. The number of halogens is 3. The Morgan fingerprint density at radius 1 is 1.26 bits per heavy atom. The van der Waals surface area contributed by atoms with Gasteiger partial charge in [-0.05, 0) is 31.0 Å². The van der Waals surface area contributed by atoms with Crippen LogP contribution in [0, 0.1) is 5.92 Å². The fourth-order valence-corrected chi connectivity index (χ4v) is 3.87. The minimum absolute atomic E-state index is 0.0530. The van der Waals surface area contributed by atoms with Crippen molar-refractivity contribution in [2.24, 2.45) is 5.92 Å². The van der Waals surface area contributed by atoms with Crippen LogP contribution >= 0.6 is 11.6 Å². The Morgan fingerprint density at radius 3 is 2.56 bits per heavy atom. The third-order valence-electron chi connectivity index (χ3n) is 5.55. The standard InChI is InChI=1S/C21H23ClF2N4O6/c1-25-19(32)16(29)15(6-10-4-5-26-17(10)30)27-18(31)13-7-11(22)2-3-14(13)28-20(33)34-12-8-21(23,24)9-12/h2-3,7,10,12,15H,4-6,8-9H2,1H3,(H,25,32)(H,26,30)(H,27,31)(H,28,33)/t10-,15-/m0/s1. The first-order valence-corrected chi connectivity index (χ1v) is 10.9. The summed E-state index contributed by atoms with van der Waals surface area (Å²) in [6, 6.07) is 2.57. The summed E-state index contributed by atoms with van der Waals surface area (Å²) in [6.07, 6.45) is -2.85. The second-order valence-electron chi connectivity index (χ2n) is 8.09. The molecule has 1 saturated carbocycles. The van der Waals surface area contributed by atoms with Gasteiger partial charge in [-0.25, -0.2) is 13.6 Å². The van der Waals surface area contributed by atoms with Crippen LogP contribution in [0.1, 0.15) is 36.0 Å². The van der Waals surface area contributed by atoms with Gasteiger partial charge in [0.1, 0.15) is 6.10 Å². The number of Topliss-reactive ketones (excluding diaryl/α,β-unsaturated/α-hetero) is 1. The zero-order valence-electron chi connectivity index (χ0n) is 18.1. The number of ether oxygens (including phenoxy) is 1. The van der Waals surface area contributed by atoms with Gasteiger partial charge in [0, 0.05) is 37.4 Å². The first-order chi connectivity index (χ1) is 16.0. The van der Waals surface area contributed by atoms with Gasteiger partial charge in [-0.15, -0.1) is 0 Å². The van der Waals surface area contributed by atoms with Crippen LogP contribution in [0.5, 0.6) is 0 Å². The van der Waals surface area contributed by atoms with E-state index in [9.17, 15) is 32.8 Å². The fraction of sp³-hybridized carbons (Fsp3) is 0.476. The van der Waals surface area contributed by atoms with E-state index in [1.165, 1.54) is 25.2 Å². The van der Waals surface area contributed by atoms with Gasteiger partial charge in [0.2, 0.25) is 11.7 Å². The topological polar surface area (TPSA) is 143 Å². The summed E-state index contributed by atoms with van der Waals surface area (Å²) in [5.41, 5.74) is -0.211. The number of likely N-dealkylation sites (N-methyl/N-ethyl adjacent to an activating group) is 1. The molecule has 1 saturated heterocycles. The highest BCUT2D eigenvalue weighted by molar-refractivity contribution is 6.38. The summed E-state index contributed by atoms with van der Waals surface area (Å²) in [5.74, 6) is -6.50. The zero-order valence-corrected chi connectivity index (χ0v) is 18.8. The highest BCUT2D eigenvalue weighted by Crippen LogP contribution is 2.39. The summed E-state index contributed by atoms with van der Waals surface area (Å²) in [7, 11) is 1.25. The van der Waals surface area contributed by atoms with E-state index in [1.54, 1.807) is 0 Å². The second kappa shape index (κ2) is 10.3. The first-order valence-electron chi connectivity index (χ1n) is 10.5. The molecular formula is C21H23ClF2N4O6. The van der Waals surface area contributed by atoms with Crippen LogP contribution in [0.4, 0.5) is 19.3 Å². The van der Waals surface area contributed by atoms with Crippen molar-refractivity contribution in [3.05, 3.63) is 28.8 Å². The molecule has 4 amide bonds. The van der Waals surface area contributed by atoms with Gasteiger partial charge < -0.3 is 20.7 Å². The van der Waals surface area contributed by atoms with Gasteiger partial charge in [0.15, 0.2) is 0 Å². The number of anilines is 1. The van der Waals surface area contributed by atoms with Crippen LogP contribution in [0.3, 0.4) is 0 Å². The number of ketones is 1. The van der Waals surface area contributed by atoms with Crippen molar-refractivity contribution in [2.45, 2.75) is 43.8 Å². The van der Waals surface area contributed by atoms with E-state index >= 15 is 0 Å². The predicted molar refractivity (Wildman–Crippen MR) is 116 cm³/mol. The maximum absolute atomic E-state index is 13.0. The lowest BCUT2D eigenvalue weighted by Crippen LogP contribution is -2.48. The average Bonchev–Trinajstić information content (AvgIpc) is 3.16. The van der Waals surface area contributed by atoms with E-state index in [1.807, 2.05) is 0 Å². The van der Waals surface area contributed by atoms with Gasteiger partial charge in [0.05, 0.1) is 17.3 Å². The van der Waals surface area contributed by atoms with Crippen LogP contribution in [0.15, 0.2) is 18.2 Å². The normalized spacial score (nSPS) is 19.9. The summed E-state index contributed by atoms with van der Waals surface area (Å²) >= 11 is 5.98. The van der Waals surface area contributed by atoms with Crippen molar-refractivity contribution in [2.75, 3.05) is 18.9 Å². The Kier molecular flexibility index (Phi) is 7.70. The van der Waals surface area contributed by atoms with Crippen molar-refractivity contribution in [1.29, 1.82) is 0 Å². The molecule has 2 aliphatic rings. The zero-order chi connectivity index (χ0) is 25.0. The lowest BCUT2D eigenvalue weighted by Gasteiger charge is -2.33. The molecule has 2 atom stereocenters. The SMILES string of the molecule is CNC(=O)C(=O)[C@H](C[C@@H]1CCNC1=O)NC(=O)c1cc(Cl)ccc1NC(=O)OC1CC(F)(F)C1. The smallest absolute Gasteiger partial charge is 0.411 e. The van der Waals surface area contributed by atoms with Crippen LogP contribution in [-0.2, 0) is 19.1 Å². The Hall–Kier alpha value is -3.28. The van der Waals surface area contributed by atoms with Gasteiger partial charge in [-0.3, -0.25) is 24.5 Å². The molecule has 1 heterocycles. The van der Waals surface area contributed by atoms with E-state index in [2.05, 4.69) is 21.3 Å². The van der Waals surface area contributed by atoms with Crippen LogP contribution < -0.4 is 21.3 Å². The quantitative estimate of drug-likeness (QED) is 0.399. The molecule has 34 heavy (non-hydrogen) atoms. The maximum Gasteiger partial charge on any atom is 0.411 e. The van der Waals surface area contributed by atoms with Gasteiger partial charge in [-0.1, -0.05) is 11.6 Å². The number of carbonyl (C=O) groups excluding carboxylic acids is 5. The Bertz CT molecular complexity index is 1010. The number of amides is 4. The molecule has 0 radical (unpaired) electrons. The third kappa shape index (κ3) is 6.19. The van der Waals surface area contributed by atoms with E-state index in [4.69, 9.17) is 16.3 Å². The number of benzene rings is 1. The highest BCUT2D eigenvalue weighted by atomic mass is 35.5. The molecule has 1 aromatic rings. The van der Waals surface area contributed by atoms with E-state index in [0.717, 1.165) is 0 Å². The molecule has 2 fully saturated rings. The minimum Gasteiger partial charge on any atom is -0.446 e. The van der Waals surface area contributed by atoms with Crippen molar-refractivity contribution in [3.63, 3.8) is 0 Å². The number of nitrogens with one attached hydrogen (secondary N) is 4. The predicted octanol–water partition coefficient (Wildman–Crippen LogP) is 1.63. The van der Waals surface area contributed by atoms with Crippen molar-refractivity contribution >= 4 is 46.9 Å². The molecule has 184 valence electrons. The maximum atomic E-state index is 13.0. The summed E-state index contributed by atoms with van der Waals surface area (Å²) in [6.45, 7) is 0.412. The van der Waals surface area contributed by atoms with E-state index in [-0.39, 0.29) is 28.6 Å². The Labute approximate surface area is 198 Å². The highest BCUT2D eigenvalue weighted by Gasteiger charge is 2.47. The van der Waals surface area contributed by atoms with Gasteiger partial charge in [0.25, 0.3) is 17.7 Å². The monoisotopic (exact) mass is 500 g/mol. The van der Waals surface area contributed by atoms with E-state index in [0.29, 0.717) is 13.0 Å². The minimum atomic E-state index is -2.88. The lowest BCUT2D eigenvalue weighted by atomic mass is 9.91. The molecule has 3 rings (SSSR count). The number of hydrogen-bond acceptors (Lipinski definition) is 6. The molecule has 0 spiro atoms. The molecule has 4 N–H and O–H groups in total. The molecular weight excluding hydrogens is 478 g/mol. The fourth-order valence-electron chi connectivity index (χ4n) is 3.70. The molecule has 1 aliphatic carbocycles. The Morgan fingerprint density at radius 2 is 1.97 bits per heavy atom.